The molecule has 1 N–H and O–H groups in total. The fourth-order valence-electron chi connectivity index (χ4n) is 1.85. The smallest absolute Gasteiger partial charge is 0.255 e. The second-order valence-electron chi connectivity index (χ2n) is 4.39. The van der Waals surface area contributed by atoms with Gasteiger partial charge in [0.2, 0.25) is 0 Å². The molecule has 0 fully saturated rings. The Kier molecular flexibility index (Phi) is 4.19. The van der Waals surface area contributed by atoms with Gasteiger partial charge in [0.1, 0.15) is 5.82 Å². The largest absolute Gasteiger partial charge is 0.322 e. The molecule has 19 heavy (non-hydrogen) atoms. The van der Waals surface area contributed by atoms with E-state index in [9.17, 15) is 9.18 Å². The first kappa shape index (κ1) is 14.0. The number of halogens is 2. The first-order chi connectivity index (χ1) is 8.97. The van der Waals surface area contributed by atoms with Gasteiger partial charge in [-0.25, -0.2) is 4.39 Å². The topological polar surface area (TPSA) is 29.1 Å². The standard InChI is InChI=1S/C15H13FINO/c1-9-6-13(7-10(2)14(9)17)18-15(19)11-4-3-5-12(16)8-11/h3-8H,1-2H3,(H,18,19). The van der Waals surface area contributed by atoms with Gasteiger partial charge in [-0.2, -0.15) is 0 Å². The molecule has 0 spiro atoms. The molecule has 0 aromatic heterocycles. The average molecular weight is 369 g/mol. The summed E-state index contributed by atoms with van der Waals surface area (Å²) < 4.78 is 14.2. The van der Waals surface area contributed by atoms with Crippen molar-refractivity contribution in [1.29, 1.82) is 0 Å². The molecule has 0 saturated carbocycles. The van der Waals surface area contributed by atoms with Crippen LogP contribution in [0.1, 0.15) is 21.5 Å². The first-order valence-electron chi connectivity index (χ1n) is 5.81. The molecule has 2 rings (SSSR count). The van der Waals surface area contributed by atoms with Crippen LogP contribution in [0.4, 0.5) is 10.1 Å². The highest BCUT2D eigenvalue weighted by Crippen LogP contribution is 2.22. The number of anilines is 1. The number of nitrogens with one attached hydrogen (secondary N) is 1. The first-order valence-corrected chi connectivity index (χ1v) is 6.89. The Balaban J connectivity index is 2.24. The Morgan fingerprint density at radius 1 is 1.16 bits per heavy atom. The molecule has 0 atom stereocenters. The van der Waals surface area contributed by atoms with Gasteiger partial charge in [0, 0.05) is 14.8 Å². The Morgan fingerprint density at radius 3 is 2.37 bits per heavy atom. The molecule has 0 radical (unpaired) electrons. The van der Waals surface area contributed by atoms with Crippen LogP contribution < -0.4 is 5.32 Å². The zero-order valence-electron chi connectivity index (χ0n) is 10.6. The van der Waals surface area contributed by atoms with Crippen LogP contribution in [0.15, 0.2) is 36.4 Å². The van der Waals surface area contributed by atoms with E-state index in [1.807, 2.05) is 26.0 Å². The fourth-order valence-corrected chi connectivity index (χ4v) is 2.16. The molecule has 0 aliphatic heterocycles. The maximum absolute atomic E-state index is 13.1. The van der Waals surface area contributed by atoms with Crippen molar-refractivity contribution in [1.82, 2.24) is 0 Å². The van der Waals surface area contributed by atoms with Crippen molar-refractivity contribution in [2.75, 3.05) is 5.32 Å². The number of carbonyl (C=O) groups is 1. The number of carbonyl (C=O) groups excluding carboxylic acids is 1. The van der Waals surface area contributed by atoms with Crippen LogP contribution in [-0.4, -0.2) is 5.91 Å². The van der Waals surface area contributed by atoms with Gasteiger partial charge in [0.05, 0.1) is 0 Å². The molecule has 2 aromatic rings. The predicted octanol–water partition coefficient (Wildman–Crippen LogP) is 4.30. The lowest BCUT2D eigenvalue weighted by atomic mass is 10.1. The molecule has 1 amide bonds. The van der Waals surface area contributed by atoms with Gasteiger partial charge in [-0.1, -0.05) is 6.07 Å². The quantitative estimate of drug-likeness (QED) is 0.786. The van der Waals surface area contributed by atoms with E-state index < -0.39 is 5.82 Å². The molecule has 4 heteroatoms. The van der Waals surface area contributed by atoms with Crippen molar-refractivity contribution >= 4 is 34.2 Å². The van der Waals surface area contributed by atoms with Crippen molar-refractivity contribution in [3.05, 3.63) is 62.5 Å². The third-order valence-electron chi connectivity index (χ3n) is 2.78. The zero-order valence-corrected chi connectivity index (χ0v) is 12.8. The van der Waals surface area contributed by atoms with Gasteiger partial charge < -0.3 is 5.32 Å². The summed E-state index contributed by atoms with van der Waals surface area (Å²) in [5, 5.41) is 2.79. The minimum atomic E-state index is -0.414. The summed E-state index contributed by atoms with van der Waals surface area (Å²) in [6.07, 6.45) is 0. The van der Waals surface area contributed by atoms with Crippen molar-refractivity contribution in [2.24, 2.45) is 0 Å². The number of hydrogen-bond donors (Lipinski definition) is 1. The van der Waals surface area contributed by atoms with Crippen LogP contribution in [0.2, 0.25) is 0 Å². The number of hydrogen-bond acceptors (Lipinski definition) is 1. The van der Waals surface area contributed by atoms with Crippen LogP contribution in [0.25, 0.3) is 0 Å². The molecule has 0 aliphatic carbocycles. The second kappa shape index (κ2) is 5.69. The summed E-state index contributed by atoms with van der Waals surface area (Å²) in [6, 6.07) is 9.47. The number of benzene rings is 2. The van der Waals surface area contributed by atoms with Crippen LogP contribution >= 0.6 is 22.6 Å². The highest BCUT2D eigenvalue weighted by atomic mass is 127. The minimum absolute atomic E-state index is 0.306. The predicted molar refractivity (Wildman–Crippen MR) is 83.0 cm³/mol. The van der Waals surface area contributed by atoms with E-state index >= 15 is 0 Å². The second-order valence-corrected chi connectivity index (χ2v) is 5.47. The van der Waals surface area contributed by atoms with Gasteiger partial charge in [-0.05, 0) is 77.9 Å². The summed E-state index contributed by atoms with van der Waals surface area (Å²) in [6.45, 7) is 3.99. The molecule has 2 nitrogen and oxygen atoms in total. The zero-order chi connectivity index (χ0) is 14.0. The summed E-state index contributed by atoms with van der Waals surface area (Å²) >= 11 is 2.27. The fraction of sp³-hybridized carbons (Fsp3) is 0.133. The van der Waals surface area contributed by atoms with E-state index in [-0.39, 0.29) is 5.91 Å². The number of aryl methyl sites for hydroxylation is 2. The van der Waals surface area contributed by atoms with Crippen LogP contribution in [0.3, 0.4) is 0 Å². The summed E-state index contributed by atoms with van der Waals surface area (Å²) in [4.78, 5) is 12.0. The third kappa shape index (κ3) is 3.32. The third-order valence-corrected chi connectivity index (χ3v) is 4.48. The molecule has 0 saturated heterocycles. The summed E-state index contributed by atoms with van der Waals surface area (Å²) in [5.74, 6) is -0.720. The van der Waals surface area contributed by atoms with Gasteiger partial charge in [0.25, 0.3) is 5.91 Å². The number of amides is 1. The molecule has 98 valence electrons. The molecular weight excluding hydrogens is 356 g/mol. The Bertz CT molecular complexity index is 617. The Morgan fingerprint density at radius 2 is 1.79 bits per heavy atom. The monoisotopic (exact) mass is 369 g/mol. The van der Waals surface area contributed by atoms with Crippen molar-refractivity contribution in [3.63, 3.8) is 0 Å². The van der Waals surface area contributed by atoms with Gasteiger partial charge in [-0.15, -0.1) is 0 Å². The van der Waals surface area contributed by atoms with Crippen LogP contribution in [0, 0.1) is 23.2 Å². The normalized spacial score (nSPS) is 10.3. The van der Waals surface area contributed by atoms with E-state index in [1.165, 1.54) is 21.8 Å². The van der Waals surface area contributed by atoms with E-state index in [0.29, 0.717) is 5.56 Å². The number of rotatable bonds is 2. The lowest BCUT2D eigenvalue weighted by molar-refractivity contribution is 0.102. The molecule has 0 aliphatic rings. The minimum Gasteiger partial charge on any atom is -0.322 e. The maximum Gasteiger partial charge on any atom is 0.255 e. The lowest BCUT2D eigenvalue weighted by Crippen LogP contribution is -2.12. The molecule has 2 aromatic carbocycles. The molecule has 0 heterocycles. The SMILES string of the molecule is Cc1cc(NC(=O)c2cccc(F)c2)cc(C)c1I. The van der Waals surface area contributed by atoms with Crippen molar-refractivity contribution in [2.45, 2.75) is 13.8 Å². The van der Waals surface area contributed by atoms with Crippen molar-refractivity contribution in [3.8, 4) is 0 Å². The summed E-state index contributed by atoms with van der Waals surface area (Å²) in [5.41, 5.74) is 3.25. The molecule has 0 bridgehead atoms. The van der Waals surface area contributed by atoms with Gasteiger partial charge >= 0.3 is 0 Å². The van der Waals surface area contributed by atoms with Gasteiger partial charge in [0.15, 0.2) is 0 Å². The Labute approximate surface area is 125 Å². The summed E-state index contributed by atoms with van der Waals surface area (Å²) in [7, 11) is 0. The van der Waals surface area contributed by atoms with E-state index in [0.717, 1.165) is 16.8 Å². The van der Waals surface area contributed by atoms with E-state index in [4.69, 9.17) is 0 Å². The van der Waals surface area contributed by atoms with Crippen molar-refractivity contribution < 1.29 is 9.18 Å². The maximum atomic E-state index is 13.1. The lowest BCUT2D eigenvalue weighted by Gasteiger charge is -2.09. The average Bonchev–Trinajstić information content (AvgIpc) is 2.36. The molecular formula is C15H13FINO. The van der Waals surface area contributed by atoms with Crippen LogP contribution in [0.5, 0.6) is 0 Å². The van der Waals surface area contributed by atoms with Crippen LogP contribution in [-0.2, 0) is 0 Å². The van der Waals surface area contributed by atoms with E-state index in [1.54, 1.807) is 6.07 Å². The van der Waals surface area contributed by atoms with Gasteiger partial charge in [-0.3, -0.25) is 4.79 Å². The highest BCUT2D eigenvalue weighted by molar-refractivity contribution is 14.1. The Hall–Kier alpha value is -1.43. The molecule has 0 unspecified atom stereocenters. The highest BCUT2D eigenvalue weighted by Gasteiger charge is 2.08. The van der Waals surface area contributed by atoms with E-state index in [2.05, 4.69) is 27.9 Å².